The fourth-order valence-corrected chi connectivity index (χ4v) is 2.66. The van der Waals surface area contributed by atoms with E-state index in [2.05, 4.69) is 9.97 Å². The van der Waals surface area contributed by atoms with E-state index in [1.54, 1.807) is 24.3 Å². The summed E-state index contributed by atoms with van der Waals surface area (Å²) < 4.78 is 36.2. The second-order valence-electron chi connectivity index (χ2n) is 4.55. The summed E-state index contributed by atoms with van der Waals surface area (Å²) >= 11 is 0. The van der Waals surface area contributed by atoms with E-state index in [-0.39, 0.29) is 10.7 Å². The second kappa shape index (κ2) is 4.42. The molecule has 1 aromatic heterocycles. The minimum absolute atomic E-state index is 0.224. The van der Waals surface area contributed by atoms with Gasteiger partial charge in [-0.2, -0.15) is 0 Å². The number of imidazole rings is 1. The van der Waals surface area contributed by atoms with Gasteiger partial charge < -0.3 is 4.98 Å². The Kier molecular flexibility index (Phi) is 2.83. The van der Waals surface area contributed by atoms with Crippen LogP contribution in [0.15, 0.2) is 47.4 Å². The minimum Gasteiger partial charge on any atom is -0.338 e. The van der Waals surface area contributed by atoms with E-state index in [1.807, 2.05) is 0 Å². The van der Waals surface area contributed by atoms with Crippen LogP contribution in [0.1, 0.15) is 0 Å². The fourth-order valence-electron chi connectivity index (χ4n) is 1.99. The molecular weight excluding hydrogens is 279 g/mol. The number of aromatic amines is 1. The summed E-state index contributed by atoms with van der Waals surface area (Å²) in [5.41, 5.74) is 1.85. The lowest BCUT2D eigenvalue weighted by Gasteiger charge is -2.00. The highest BCUT2D eigenvalue weighted by Crippen LogP contribution is 2.23. The molecule has 0 atom stereocenters. The summed E-state index contributed by atoms with van der Waals surface area (Å²) in [5, 5.41) is 0. The van der Waals surface area contributed by atoms with Crippen molar-refractivity contribution >= 4 is 20.9 Å². The summed E-state index contributed by atoms with van der Waals surface area (Å²) in [6.07, 6.45) is 1.15. The molecule has 3 aromatic rings. The number of rotatable bonds is 2. The number of hydrogen-bond acceptors (Lipinski definition) is 3. The number of nitrogens with one attached hydrogen (secondary N) is 1. The summed E-state index contributed by atoms with van der Waals surface area (Å²) in [5.74, 6) is 0.161. The molecule has 20 heavy (non-hydrogen) atoms. The van der Waals surface area contributed by atoms with Gasteiger partial charge in [-0.25, -0.2) is 17.8 Å². The highest BCUT2D eigenvalue weighted by Gasteiger charge is 2.11. The lowest BCUT2D eigenvalue weighted by molar-refractivity contribution is 0.602. The Morgan fingerprint density at radius 1 is 1.15 bits per heavy atom. The molecule has 0 fully saturated rings. The molecule has 6 heteroatoms. The molecule has 0 saturated heterocycles. The summed E-state index contributed by atoms with van der Waals surface area (Å²) in [7, 11) is -3.27. The highest BCUT2D eigenvalue weighted by molar-refractivity contribution is 7.90. The van der Waals surface area contributed by atoms with Gasteiger partial charge in [0.05, 0.1) is 15.9 Å². The van der Waals surface area contributed by atoms with E-state index >= 15 is 0 Å². The Labute approximate surface area is 115 Å². The molecule has 0 bridgehead atoms. The first-order chi connectivity index (χ1) is 9.43. The molecular formula is C14H11FN2O2S. The third kappa shape index (κ3) is 2.30. The van der Waals surface area contributed by atoms with Crippen LogP contribution in [-0.4, -0.2) is 24.6 Å². The number of sulfone groups is 1. The van der Waals surface area contributed by atoms with Crippen molar-refractivity contribution in [3.05, 3.63) is 48.3 Å². The number of benzene rings is 2. The van der Waals surface area contributed by atoms with E-state index < -0.39 is 9.84 Å². The van der Waals surface area contributed by atoms with E-state index in [0.29, 0.717) is 22.4 Å². The van der Waals surface area contributed by atoms with Crippen LogP contribution in [0.25, 0.3) is 22.4 Å². The van der Waals surface area contributed by atoms with Crippen molar-refractivity contribution < 1.29 is 12.8 Å². The van der Waals surface area contributed by atoms with Gasteiger partial charge in [0.25, 0.3) is 0 Å². The SMILES string of the molecule is CS(=O)(=O)c1cccc(-c2nc3ccc(F)cc3[nH]2)c1. The van der Waals surface area contributed by atoms with E-state index in [9.17, 15) is 12.8 Å². The molecule has 0 aliphatic carbocycles. The third-order valence-corrected chi connectivity index (χ3v) is 4.09. The van der Waals surface area contributed by atoms with Gasteiger partial charge in [0.2, 0.25) is 0 Å². The monoisotopic (exact) mass is 290 g/mol. The Morgan fingerprint density at radius 2 is 1.95 bits per heavy atom. The number of aromatic nitrogens is 2. The zero-order valence-electron chi connectivity index (χ0n) is 10.6. The average molecular weight is 290 g/mol. The normalized spacial score (nSPS) is 11.9. The summed E-state index contributed by atoms with van der Waals surface area (Å²) in [6, 6.07) is 10.7. The molecule has 4 nitrogen and oxygen atoms in total. The van der Waals surface area contributed by atoms with Crippen molar-refractivity contribution in [2.24, 2.45) is 0 Å². The topological polar surface area (TPSA) is 62.8 Å². The standard InChI is InChI=1S/C14H11FN2O2S/c1-20(18,19)11-4-2-3-9(7-11)14-16-12-6-5-10(15)8-13(12)17-14/h2-8H,1H3,(H,16,17). The van der Waals surface area contributed by atoms with E-state index in [4.69, 9.17) is 0 Å². The van der Waals surface area contributed by atoms with Crippen molar-refractivity contribution in [3.63, 3.8) is 0 Å². The van der Waals surface area contributed by atoms with Gasteiger partial charge in [0, 0.05) is 11.8 Å². The van der Waals surface area contributed by atoms with Gasteiger partial charge in [0.1, 0.15) is 11.6 Å². The molecule has 0 aliphatic rings. The molecule has 102 valence electrons. The van der Waals surface area contributed by atoms with Crippen LogP contribution in [0.4, 0.5) is 4.39 Å². The summed E-state index contributed by atoms with van der Waals surface area (Å²) in [6.45, 7) is 0. The molecule has 0 aliphatic heterocycles. The van der Waals surface area contributed by atoms with Crippen LogP contribution >= 0.6 is 0 Å². The number of nitrogens with zero attached hydrogens (tertiary/aromatic N) is 1. The first-order valence-electron chi connectivity index (χ1n) is 5.89. The first kappa shape index (κ1) is 12.8. The van der Waals surface area contributed by atoms with Gasteiger partial charge in [-0.3, -0.25) is 0 Å². The van der Waals surface area contributed by atoms with Crippen molar-refractivity contribution in [2.75, 3.05) is 6.26 Å². The zero-order chi connectivity index (χ0) is 14.3. The Morgan fingerprint density at radius 3 is 2.70 bits per heavy atom. The number of hydrogen-bond donors (Lipinski definition) is 1. The lowest BCUT2D eigenvalue weighted by Crippen LogP contribution is -1.97. The van der Waals surface area contributed by atoms with Gasteiger partial charge in [-0.1, -0.05) is 12.1 Å². The Hall–Kier alpha value is -2.21. The maximum atomic E-state index is 13.1. The first-order valence-corrected chi connectivity index (χ1v) is 7.78. The van der Waals surface area contributed by atoms with Gasteiger partial charge >= 0.3 is 0 Å². The van der Waals surface area contributed by atoms with Gasteiger partial charge in [0.15, 0.2) is 9.84 Å². The molecule has 1 heterocycles. The van der Waals surface area contributed by atoms with Crippen LogP contribution < -0.4 is 0 Å². The maximum absolute atomic E-state index is 13.1. The smallest absolute Gasteiger partial charge is 0.175 e. The predicted octanol–water partition coefficient (Wildman–Crippen LogP) is 2.77. The lowest BCUT2D eigenvalue weighted by atomic mass is 10.2. The van der Waals surface area contributed by atoms with Gasteiger partial charge in [-0.05, 0) is 30.3 Å². The highest BCUT2D eigenvalue weighted by atomic mass is 32.2. The van der Waals surface area contributed by atoms with Crippen LogP contribution in [0.2, 0.25) is 0 Å². The largest absolute Gasteiger partial charge is 0.338 e. The molecule has 0 spiro atoms. The van der Waals surface area contributed by atoms with Crippen molar-refractivity contribution in [1.29, 1.82) is 0 Å². The summed E-state index contributed by atoms with van der Waals surface area (Å²) in [4.78, 5) is 7.54. The van der Waals surface area contributed by atoms with E-state index in [1.165, 1.54) is 18.2 Å². The molecule has 3 rings (SSSR count). The molecule has 0 unspecified atom stereocenters. The van der Waals surface area contributed by atoms with Crippen LogP contribution in [0.5, 0.6) is 0 Å². The third-order valence-electron chi connectivity index (χ3n) is 2.98. The quantitative estimate of drug-likeness (QED) is 0.789. The van der Waals surface area contributed by atoms with Crippen LogP contribution in [0.3, 0.4) is 0 Å². The Bertz CT molecular complexity index is 900. The van der Waals surface area contributed by atoms with E-state index in [0.717, 1.165) is 6.26 Å². The molecule has 0 amide bonds. The average Bonchev–Trinajstić information content (AvgIpc) is 2.81. The Balaban J connectivity index is 2.16. The molecule has 1 N–H and O–H groups in total. The van der Waals surface area contributed by atoms with Crippen molar-refractivity contribution in [3.8, 4) is 11.4 Å². The second-order valence-corrected chi connectivity index (χ2v) is 6.56. The zero-order valence-corrected chi connectivity index (χ0v) is 11.4. The molecule has 0 saturated carbocycles. The number of fused-ring (bicyclic) bond motifs is 1. The van der Waals surface area contributed by atoms with Crippen molar-refractivity contribution in [1.82, 2.24) is 9.97 Å². The van der Waals surface area contributed by atoms with Crippen molar-refractivity contribution in [2.45, 2.75) is 4.90 Å². The molecule has 2 aromatic carbocycles. The molecule has 0 radical (unpaired) electrons. The number of halogens is 1. The van der Waals surface area contributed by atoms with Crippen LogP contribution in [-0.2, 0) is 9.84 Å². The number of H-pyrrole nitrogens is 1. The van der Waals surface area contributed by atoms with Gasteiger partial charge in [-0.15, -0.1) is 0 Å². The fraction of sp³-hybridized carbons (Fsp3) is 0.0714. The maximum Gasteiger partial charge on any atom is 0.175 e. The predicted molar refractivity (Wildman–Crippen MR) is 74.6 cm³/mol. The minimum atomic E-state index is -3.27. The van der Waals surface area contributed by atoms with Crippen LogP contribution in [0, 0.1) is 5.82 Å².